The number of carbonyl (C=O) groups is 2. The van der Waals surface area contributed by atoms with Crippen molar-refractivity contribution in [3.05, 3.63) is 40.8 Å². The highest BCUT2D eigenvalue weighted by atomic mass is 16.5. The molecule has 0 saturated heterocycles. The Morgan fingerprint density at radius 1 is 1.12 bits per heavy atom. The molecule has 2 rings (SSSR count). The first-order valence-corrected chi connectivity index (χ1v) is 7.77. The van der Waals surface area contributed by atoms with Gasteiger partial charge in [-0.2, -0.15) is 0 Å². The monoisotopic (exact) mass is 363 g/mol. The van der Waals surface area contributed by atoms with Crippen molar-refractivity contribution in [1.29, 1.82) is 0 Å². The van der Waals surface area contributed by atoms with Gasteiger partial charge in [0.2, 0.25) is 0 Å². The van der Waals surface area contributed by atoms with E-state index in [9.17, 15) is 9.59 Å². The lowest BCUT2D eigenvalue weighted by Crippen LogP contribution is -2.25. The number of carboxylic acid groups (broad SMARTS) is 1. The van der Waals surface area contributed by atoms with Crippen LogP contribution in [0.4, 0.5) is 0 Å². The Hall–Kier alpha value is -3.16. The first-order chi connectivity index (χ1) is 12.4. The largest absolute Gasteiger partial charge is 0.496 e. The number of nitrogens with one attached hydrogen (secondary N) is 1. The van der Waals surface area contributed by atoms with Crippen molar-refractivity contribution < 1.29 is 33.3 Å². The molecule has 0 aliphatic heterocycles. The third kappa shape index (κ3) is 4.08. The maximum absolute atomic E-state index is 12.6. The van der Waals surface area contributed by atoms with E-state index in [0.29, 0.717) is 28.4 Å². The number of benzene rings is 1. The lowest BCUT2D eigenvalue weighted by Gasteiger charge is -2.15. The summed E-state index contributed by atoms with van der Waals surface area (Å²) in [4.78, 5) is 23.5. The highest BCUT2D eigenvalue weighted by Gasteiger charge is 2.21. The van der Waals surface area contributed by atoms with Gasteiger partial charge in [0.05, 0.1) is 45.3 Å². The molecule has 0 unspecified atom stereocenters. The van der Waals surface area contributed by atoms with Crippen LogP contribution in [0.15, 0.2) is 22.8 Å². The summed E-state index contributed by atoms with van der Waals surface area (Å²) in [5, 5.41) is 11.7. The molecule has 0 atom stereocenters. The number of methoxy groups -OCH3 is 3. The van der Waals surface area contributed by atoms with Crippen LogP contribution >= 0.6 is 0 Å². The number of carboxylic acids is 1. The van der Waals surface area contributed by atoms with Gasteiger partial charge in [0, 0.05) is 17.7 Å². The van der Waals surface area contributed by atoms with Gasteiger partial charge in [-0.1, -0.05) is 0 Å². The normalized spacial score (nSPS) is 10.3. The molecule has 0 aliphatic rings. The number of ether oxygens (including phenoxy) is 3. The minimum absolute atomic E-state index is 0.112. The summed E-state index contributed by atoms with van der Waals surface area (Å²) in [6, 6.07) is 3.37. The van der Waals surface area contributed by atoms with Crippen LogP contribution in [0.5, 0.6) is 17.2 Å². The van der Waals surface area contributed by atoms with Crippen molar-refractivity contribution >= 4 is 11.9 Å². The van der Waals surface area contributed by atoms with Crippen molar-refractivity contribution in [2.45, 2.75) is 19.9 Å². The minimum Gasteiger partial charge on any atom is -0.496 e. The lowest BCUT2D eigenvalue weighted by molar-refractivity contribution is -0.136. The third-order valence-corrected chi connectivity index (χ3v) is 3.83. The molecule has 2 N–H and O–H groups in total. The van der Waals surface area contributed by atoms with Gasteiger partial charge >= 0.3 is 5.97 Å². The molecule has 8 heteroatoms. The van der Waals surface area contributed by atoms with E-state index >= 15 is 0 Å². The number of furan rings is 1. The second kappa shape index (κ2) is 8.28. The third-order valence-electron chi connectivity index (χ3n) is 3.83. The molecule has 1 aromatic carbocycles. The van der Waals surface area contributed by atoms with Gasteiger partial charge in [-0.15, -0.1) is 0 Å². The number of rotatable bonds is 8. The SMILES string of the molecule is COc1cc(OC)c(CNC(=O)c2c(C)coc2CC(=O)O)c(OC)c1. The highest BCUT2D eigenvalue weighted by Crippen LogP contribution is 2.34. The zero-order valence-electron chi connectivity index (χ0n) is 15.0. The molecule has 140 valence electrons. The number of amides is 1. The molecular weight excluding hydrogens is 342 g/mol. The molecule has 26 heavy (non-hydrogen) atoms. The lowest BCUT2D eigenvalue weighted by atomic mass is 10.1. The molecule has 0 bridgehead atoms. The van der Waals surface area contributed by atoms with Crippen LogP contribution in [0.3, 0.4) is 0 Å². The molecule has 8 nitrogen and oxygen atoms in total. The van der Waals surface area contributed by atoms with Gasteiger partial charge in [-0.3, -0.25) is 9.59 Å². The number of aliphatic carboxylic acids is 1. The van der Waals surface area contributed by atoms with Gasteiger partial charge in [-0.25, -0.2) is 0 Å². The minimum atomic E-state index is -1.08. The number of aryl methyl sites for hydroxylation is 1. The topological polar surface area (TPSA) is 107 Å². The smallest absolute Gasteiger partial charge is 0.311 e. The summed E-state index contributed by atoms with van der Waals surface area (Å²) < 4.78 is 21.1. The van der Waals surface area contributed by atoms with Crippen LogP contribution in [0.1, 0.15) is 27.2 Å². The van der Waals surface area contributed by atoms with Crippen LogP contribution in [-0.2, 0) is 17.8 Å². The van der Waals surface area contributed by atoms with Crippen LogP contribution in [0.25, 0.3) is 0 Å². The standard InChI is InChI=1S/C18H21NO7/c1-10-9-26-15(7-16(20)21)17(10)18(22)19-8-12-13(24-3)5-11(23-2)6-14(12)25-4/h5-6,9H,7-8H2,1-4H3,(H,19,22)(H,20,21). The number of carbonyl (C=O) groups excluding carboxylic acids is 1. The molecule has 0 spiro atoms. The summed E-state index contributed by atoms with van der Waals surface area (Å²) in [7, 11) is 4.54. The van der Waals surface area contributed by atoms with Gasteiger partial charge in [0.15, 0.2) is 0 Å². The van der Waals surface area contributed by atoms with Gasteiger partial charge in [-0.05, 0) is 6.92 Å². The Morgan fingerprint density at radius 2 is 1.73 bits per heavy atom. The summed E-state index contributed by atoms with van der Waals surface area (Å²) in [6.45, 7) is 1.80. The molecular formula is C18H21NO7. The maximum Gasteiger partial charge on any atom is 0.311 e. The quantitative estimate of drug-likeness (QED) is 0.740. The Kier molecular flexibility index (Phi) is 6.11. The van der Waals surface area contributed by atoms with E-state index in [-0.39, 0.29) is 24.3 Å². The summed E-state index contributed by atoms with van der Waals surface area (Å²) >= 11 is 0. The average Bonchev–Trinajstić information content (AvgIpc) is 2.98. The zero-order valence-corrected chi connectivity index (χ0v) is 15.0. The molecule has 1 amide bonds. The van der Waals surface area contributed by atoms with Crippen LogP contribution < -0.4 is 19.5 Å². The second-order valence-electron chi connectivity index (χ2n) is 5.48. The number of hydrogen-bond donors (Lipinski definition) is 2. The zero-order chi connectivity index (χ0) is 19.3. The van der Waals surface area contributed by atoms with Crippen molar-refractivity contribution in [2.75, 3.05) is 21.3 Å². The van der Waals surface area contributed by atoms with Gasteiger partial charge in [0.25, 0.3) is 5.91 Å². The van der Waals surface area contributed by atoms with Gasteiger partial charge < -0.3 is 29.1 Å². The average molecular weight is 363 g/mol. The van der Waals surface area contributed by atoms with E-state index in [1.807, 2.05) is 0 Å². The van der Waals surface area contributed by atoms with Crippen LogP contribution in [0, 0.1) is 6.92 Å². The first kappa shape index (κ1) is 19.2. The Morgan fingerprint density at radius 3 is 2.23 bits per heavy atom. The Bertz CT molecular complexity index is 785. The van der Waals surface area contributed by atoms with E-state index in [2.05, 4.69) is 5.32 Å². The maximum atomic E-state index is 12.6. The summed E-state index contributed by atoms with van der Waals surface area (Å²) in [5.41, 5.74) is 1.41. The number of hydrogen-bond acceptors (Lipinski definition) is 6. The fourth-order valence-corrected chi connectivity index (χ4v) is 2.58. The molecule has 1 heterocycles. The molecule has 0 aliphatic carbocycles. The molecule has 0 saturated carbocycles. The fraction of sp³-hybridized carbons (Fsp3) is 0.333. The molecule has 0 fully saturated rings. The van der Waals surface area contributed by atoms with E-state index in [1.54, 1.807) is 19.1 Å². The van der Waals surface area contributed by atoms with E-state index in [4.69, 9.17) is 23.7 Å². The predicted molar refractivity (Wildman–Crippen MR) is 92.1 cm³/mol. The Labute approximate surface area is 150 Å². The molecule has 2 aromatic rings. The van der Waals surface area contributed by atoms with Crippen molar-refractivity contribution in [3.63, 3.8) is 0 Å². The van der Waals surface area contributed by atoms with E-state index in [1.165, 1.54) is 27.6 Å². The van der Waals surface area contributed by atoms with Crippen LogP contribution in [0.2, 0.25) is 0 Å². The molecule has 1 aromatic heterocycles. The second-order valence-corrected chi connectivity index (χ2v) is 5.48. The summed E-state index contributed by atoms with van der Waals surface area (Å²) in [5.74, 6) is 0.149. The van der Waals surface area contributed by atoms with Crippen LogP contribution in [-0.4, -0.2) is 38.3 Å². The predicted octanol–water partition coefficient (Wildman–Crippen LogP) is 2.17. The van der Waals surface area contributed by atoms with Crippen molar-refractivity contribution in [1.82, 2.24) is 5.32 Å². The van der Waals surface area contributed by atoms with E-state index < -0.39 is 11.9 Å². The first-order valence-electron chi connectivity index (χ1n) is 7.77. The molecule has 0 radical (unpaired) electrons. The summed E-state index contributed by atoms with van der Waals surface area (Å²) in [6.07, 6.45) is 0.994. The van der Waals surface area contributed by atoms with Crippen molar-refractivity contribution in [2.24, 2.45) is 0 Å². The highest BCUT2D eigenvalue weighted by molar-refractivity contribution is 5.97. The Balaban J connectivity index is 2.25. The van der Waals surface area contributed by atoms with Gasteiger partial charge in [0.1, 0.15) is 29.4 Å². The van der Waals surface area contributed by atoms with Crippen molar-refractivity contribution in [3.8, 4) is 17.2 Å². The fourth-order valence-electron chi connectivity index (χ4n) is 2.58. The van der Waals surface area contributed by atoms with E-state index in [0.717, 1.165) is 0 Å².